The number of nitrogens with zero attached hydrogens (tertiary/aromatic N) is 1. The van der Waals surface area contributed by atoms with Crippen molar-refractivity contribution in [3.05, 3.63) is 29.3 Å². The fourth-order valence-electron chi connectivity index (χ4n) is 1.98. The van der Waals surface area contributed by atoms with Crippen molar-refractivity contribution >= 4 is 21.6 Å². The van der Waals surface area contributed by atoms with Crippen LogP contribution in [0.5, 0.6) is 0 Å². The van der Waals surface area contributed by atoms with Crippen LogP contribution < -0.4 is 0 Å². The van der Waals surface area contributed by atoms with Crippen molar-refractivity contribution in [1.29, 1.82) is 0 Å². The van der Waals surface area contributed by atoms with Gasteiger partial charge in [0.1, 0.15) is 0 Å². The Hall–Kier alpha value is -0.620. The first kappa shape index (κ1) is 16.7. The van der Waals surface area contributed by atoms with Crippen molar-refractivity contribution in [2.24, 2.45) is 5.92 Å². The molecule has 0 amide bonds. The number of alkyl halides is 1. The molecule has 1 aliphatic carbocycles. The lowest BCUT2D eigenvalue weighted by atomic mass is 10.1. The van der Waals surface area contributed by atoms with Crippen LogP contribution in [0.25, 0.3) is 0 Å². The number of ether oxygens (including phenoxy) is 1. The first-order chi connectivity index (χ1) is 9.95. The van der Waals surface area contributed by atoms with E-state index in [1.807, 2.05) is 6.92 Å². The van der Waals surface area contributed by atoms with E-state index in [1.165, 1.54) is 17.1 Å². The van der Waals surface area contributed by atoms with Crippen LogP contribution in [0.3, 0.4) is 0 Å². The van der Waals surface area contributed by atoms with Crippen LogP contribution in [-0.2, 0) is 20.6 Å². The molecule has 1 aromatic carbocycles. The predicted molar refractivity (Wildman–Crippen MR) is 84.1 cm³/mol. The second-order valence-corrected chi connectivity index (χ2v) is 7.88. The zero-order chi connectivity index (χ0) is 15.5. The van der Waals surface area contributed by atoms with E-state index in [1.54, 1.807) is 25.2 Å². The Morgan fingerprint density at radius 3 is 2.71 bits per heavy atom. The van der Waals surface area contributed by atoms with E-state index >= 15 is 0 Å². The molecule has 21 heavy (non-hydrogen) atoms. The topological polar surface area (TPSA) is 46.6 Å². The zero-order valence-electron chi connectivity index (χ0n) is 12.5. The molecule has 0 bridgehead atoms. The predicted octanol–water partition coefficient (Wildman–Crippen LogP) is 2.78. The Labute approximate surface area is 132 Å². The monoisotopic (exact) mass is 331 g/mol. The largest absolute Gasteiger partial charge is 0.380 e. The zero-order valence-corrected chi connectivity index (χ0v) is 14.1. The summed E-state index contributed by atoms with van der Waals surface area (Å²) in [5, 5.41) is 0. The summed E-state index contributed by atoms with van der Waals surface area (Å²) in [6.07, 6.45) is 2.47. The van der Waals surface area contributed by atoms with Crippen LogP contribution >= 0.6 is 11.6 Å². The molecule has 0 radical (unpaired) electrons. The number of halogens is 1. The van der Waals surface area contributed by atoms with Gasteiger partial charge in [0.2, 0.25) is 10.0 Å². The van der Waals surface area contributed by atoms with E-state index in [9.17, 15) is 8.42 Å². The molecular formula is C15H22ClNO3S. The van der Waals surface area contributed by atoms with Crippen molar-refractivity contribution in [3.8, 4) is 0 Å². The lowest BCUT2D eigenvalue weighted by Gasteiger charge is -2.18. The normalized spacial score (nSPS) is 15.6. The molecule has 0 N–H and O–H groups in total. The van der Waals surface area contributed by atoms with Gasteiger partial charge in [0.25, 0.3) is 0 Å². The van der Waals surface area contributed by atoms with Gasteiger partial charge in [-0.3, -0.25) is 0 Å². The van der Waals surface area contributed by atoms with Crippen LogP contribution in [-0.4, -0.2) is 39.5 Å². The molecule has 0 heterocycles. The first-order valence-corrected chi connectivity index (χ1v) is 9.12. The van der Waals surface area contributed by atoms with Crippen LogP contribution in [0.1, 0.15) is 24.0 Å². The SMILES string of the molecule is Cc1ccc(S(=O)(=O)N(C)CCOCC2CC2)cc1CCl. The van der Waals surface area contributed by atoms with Crippen molar-refractivity contribution in [3.63, 3.8) is 0 Å². The van der Waals surface area contributed by atoms with Gasteiger partial charge in [0.05, 0.1) is 11.5 Å². The van der Waals surface area contributed by atoms with Crippen LogP contribution in [0.15, 0.2) is 23.1 Å². The molecule has 0 spiro atoms. The second-order valence-electron chi connectivity index (χ2n) is 5.57. The Balaban J connectivity index is 1.98. The van der Waals surface area contributed by atoms with Gasteiger partial charge in [0.15, 0.2) is 0 Å². The average molecular weight is 332 g/mol. The van der Waals surface area contributed by atoms with E-state index in [0.717, 1.165) is 17.7 Å². The van der Waals surface area contributed by atoms with Gasteiger partial charge in [-0.05, 0) is 48.9 Å². The Morgan fingerprint density at radius 1 is 1.38 bits per heavy atom. The van der Waals surface area contributed by atoms with Crippen molar-refractivity contribution in [2.45, 2.75) is 30.5 Å². The fraction of sp³-hybridized carbons (Fsp3) is 0.600. The highest BCUT2D eigenvalue weighted by atomic mass is 35.5. The molecule has 2 rings (SSSR count). The van der Waals surface area contributed by atoms with Gasteiger partial charge in [-0.25, -0.2) is 8.42 Å². The molecule has 0 saturated heterocycles. The number of sulfonamides is 1. The molecule has 0 aromatic heterocycles. The third-order valence-corrected chi connectivity index (χ3v) is 5.91. The highest BCUT2D eigenvalue weighted by Gasteiger charge is 2.23. The summed E-state index contributed by atoms with van der Waals surface area (Å²) in [7, 11) is -1.90. The number of rotatable bonds is 8. The smallest absolute Gasteiger partial charge is 0.242 e. The third-order valence-electron chi connectivity index (χ3n) is 3.77. The minimum absolute atomic E-state index is 0.286. The highest BCUT2D eigenvalue weighted by molar-refractivity contribution is 7.89. The summed E-state index contributed by atoms with van der Waals surface area (Å²) >= 11 is 5.84. The summed E-state index contributed by atoms with van der Waals surface area (Å²) < 4.78 is 31.8. The van der Waals surface area contributed by atoms with Gasteiger partial charge in [-0.2, -0.15) is 4.31 Å². The Kier molecular flexibility index (Phi) is 5.66. The lowest BCUT2D eigenvalue weighted by Crippen LogP contribution is -2.30. The van der Waals surface area contributed by atoms with Crippen LogP contribution in [0.4, 0.5) is 0 Å². The summed E-state index contributed by atoms with van der Waals surface area (Å²) in [6.45, 7) is 3.46. The van der Waals surface area contributed by atoms with Crippen LogP contribution in [0.2, 0.25) is 0 Å². The second kappa shape index (κ2) is 7.09. The molecule has 4 nitrogen and oxygen atoms in total. The van der Waals surface area contributed by atoms with Crippen molar-refractivity contribution < 1.29 is 13.2 Å². The minimum Gasteiger partial charge on any atom is -0.380 e. The molecule has 1 aromatic rings. The maximum Gasteiger partial charge on any atom is 0.242 e. The van der Waals surface area contributed by atoms with E-state index in [0.29, 0.717) is 24.9 Å². The maximum atomic E-state index is 12.5. The highest BCUT2D eigenvalue weighted by Crippen LogP contribution is 2.28. The molecule has 1 saturated carbocycles. The van der Waals surface area contributed by atoms with Gasteiger partial charge in [-0.15, -0.1) is 11.6 Å². The van der Waals surface area contributed by atoms with E-state index in [-0.39, 0.29) is 4.90 Å². The first-order valence-electron chi connectivity index (χ1n) is 7.14. The van der Waals surface area contributed by atoms with E-state index in [2.05, 4.69) is 0 Å². The number of hydrogen-bond donors (Lipinski definition) is 0. The third kappa shape index (κ3) is 4.42. The van der Waals surface area contributed by atoms with Crippen molar-refractivity contribution in [2.75, 3.05) is 26.8 Å². The quantitative estimate of drug-likeness (QED) is 0.543. The maximum absolute atomic E-state index is 12.5. The van der Waals surface area contributed by atoms with Gasteiger partial charge in [0, 0.05) is 26.1 Å². The molecule has 1 aliphatic rings. The Morgan fingerprint density at radius 2 is 2.10 bits per heavy atom. The van der Waals surface area contributed by atoms with E-state index < -0.39 is 10.0 Å². The fourth-order valence-corrected chi connectivity index (χ4v) is 3.47. The number of likely N-dealkylation sites (N-methyl/N-ethyl adjacent to an activating group) is 1. The average Bonchev–Trinajstić information content (AvgIpc) is 3.27. The molecule has 1 fully saturated rings. The summed E-state index contributed by atoms with van der Waals surface area (Å²) in [4.78, 5) is 0.286. The summed E-state index contributed by atoms with van der Waals surface area (Å²) in [6, 6.07) is 5.07. The van der Waals surface area contributed by atoms with Gasteiger partial charge < -0.3 is 4.74 Å². The van der Waals surface area contributed by atoms with Crippen molar-refractivity contribution in [1.82, 2.24) is 4.31 Å². The molecule has 118 valence electrons. The molecular weight excluding hydrogens is 310 g/mol. The minimum atomic E-state index is -3.48. The lowest BCUT2D eigenvalue weighted by molar-refractivity contribution is 0.117. The number of benzene rings is 1. The number of aryl methyl sites for hydroxylation is 1. The van der Waals surface area contributed by atoms with Gasteiger partial charge >= 0.3 is 0 Å². The summed E-state index contributed by atoms with van der Waals surface area (Å²) in [5.74, 6) is 0.999. The van der Waals surface area contributed by atoms with Crippen LogP contribution in [0, 0.1) is 12.8 Å². The molecule has 0 aliphatic heterocycles. The van der Waals surface area contributed by atoms with Gasteiger partial charge in [-0.1, -0.05) is 6.07 Å². The molecule has 0 unspecified atom stereocenters. The molecule has 6 heteroatoms. The van der Waals surface area contributed by atoms with E-state index in [4.69, 9.17) is 16.3 Å². The summed E-state index contributed by atoms with van der Waals surface area (Å²) in [5.41, 5.74) is 1.84. The Bertz CT molecular complexity index is 585. The number of hydrogen-bond acceptors (Lipinski definition) is 3. The standard InChI is InChI=1S/C15H22ClNO3S/c1-12-3-6-15(9-14(12)10-16)21(18,19)17(2)7-8-20-11-13-4-5-13/h3,6,9,13H,4-5,7-8,10-11H2,1-2H3. The molecule has 0 atom stereocenters.